The van der Waals surface area contributed by atoms with E-state index in [1.54, 1.807) is 0 Å². The summed E-state index contributed by atoms with van der Waals surface area (Å²) in [4.78, 5) is 21.6. The van der Waals surface area contributed by atoms with Crippen molar-refractivity contribution in [2.24, 2.45) is 5.41 Å². The van der Waals surface area contributed by atoms with E-state index in [0.29, 0.717) is 49.4 Å². The Hall–Kier alpha value is -2.56. The number of carbonyl (C=O) groups is 1. The predicted molar refractivity (Wildman–Crippen MR) is 133 cm³/mol. The Morgan fingerprint density at radius 3 is 2.41 bits per heavy atom. The Bertz CT molecular complexity index is 1280. The summed E-state index contributed by atoms with van der Waals surface area (Å²) in [6, 6.07) is 2.38. The van der Waals surface area contributed by atoms with Gasteiger partial charge in [0.05, 0.1) is 28.7 Å². The fraction of sp³-hybridized carbons (Fsp3) is 0.621. The number of hydrogen-bond donors (Lipinski definition) is 1. The minimum atomic E-state index is -4.50. The highest BCUT2D eigenvalue weighted by Crippen LogP contribution is 2.64. The van der Waals surface area contributed by atoms with Crippen molar-refractivity contribution in [3.8, 4) is 0 Å². The van der Waals surface area contributed by atoms with Crippen LogP contribution in [0.25, 0.3) is 0 Å². The van der Waals surface area contributed by atoms with Crippen LogP contribution in [0.5, 0.6) is 0 Å². The molecule has 2 aliphatic carbocycles. The van der Waals surface area contributed by atoms with Crippen molar-refractivity contribution < 1.29 is 37.3 Å². The molecule has 2 aromatic heterocycles. The molecule has 1 N–H and O–H groups in total. The third-order valence-corrected chi connectivity index (χ3v) is 8.99. The Labute approximate surface area is 225 Å². The topological polar surface area (TPSA) is 90.8 Å². The van der Waals surface area contributed by atoms with E-state index >= 15 is 0 Å². The van der Waals surface area contributed by atoms with Crippen LogP contribution in [0, 0.1) is 5.41 Å². The third-order valence-electron chi connectivity index (χ3n) is 8.99. The van der Waals surface area contributed by atoms with Crippen LogP contribution in [-0.2, 0) is 30.8 Å². The molecule has 10 heteroatoms. The van der Waals surface area contributed by atoms with Crippen molar-refractivity contribution >= 4 is 5.97 Å². The monoisotopic (exact) mass is 546 g/mol. The molecule has 0 radical (unpaired) electrons. The molecule has 2 aromatic rings. The van der Waals surface area contributed by atoms with Crippen LogP contribution >= 0.6 is 0 Å². The molecule has 3 atom stereocenters. The zero-order chi connectivity index (χ0) is 27.7. The van der Waals surface area contributed by atoms with Crippen LogP contribution in [0.3, 0.4) is 0 Å². The molecule has 2 fully saturated rings. The number of esters is 1. The quantitative estimate of drug-likeness (QED) is 0.476. The van der Waals surface area contributed by atoms with Gasteiger partial charge >= 0.3 is 12.1 Å². The molecule has 1 saturated carbocycles. The Morgan fingerprint density at radius 1 is 1.15 bits per heavy atom. The molecule has 0 bridgehead atoms. The van der Waals surface area contributed by atoms with E-state index in [9.17, 15) is 23.1 Å². The lowest BCUT2D eigenvalue weighted by Crippen LogP contribution is -2.45. The number of aliphatic hydroxyl groups is 1. The molecule has 0 aromatic carbocycles. The van der Waals surface area contributed by atoms with Crippen molar-refractivity contribution in [2.45, 2.75) is 95.3 Å². The number of nitrogens with zero attached hydrogens (tertiary/aromatic N) is 2. The number of alkyl halides is 3. The molecule has 7 nitrogen and oxygen atoms in total. The standard InChI is InChI=1S/C29H33F3N2O5/c1-15(2)23-21-22(20-19(36)13-27(7-4-8-27)26(24(20)34-23)38-16(3)35)28(9-11-37-12-10-28)39-25(21)18-6-5-17(14-33-18)29(30,31)32/h5-6,14-15,19,25-26,36H,4,7-13H2,1-3H3/t19?,25-,26-/m1/s1. The van der Waals surface area contributed by atoms with E-state index in [1.165, 1.54) is 13.0 Å². The molecular weight excluding hydrogens is 513 g/mol. The third kappa shape index (κ3) is 4.17. The summed E-state index contributed by atoms with van der Waals surface area (Å²) in [6.07, 6.45) is -1.69. The first-order valence-electron chi connectivity index (χ1n) is 13.7. The summed E-state index contributed by atoms with van der Waals surface area (Å²) in [5.41, 5.74) is 1.86. The highest BCUT2D eigenvalue weighted by molar-refractivity contribution is 5.67. The molecule has 2 spiro atoms. The number of rotatable bonds is 3. The summed E-state index contributed by atoms with van der Waals surface area (Å²) < 4.78 is 58.3. The molecule has 210 valence electrons. The first-order valence-corrected chi connectivity index (χ1v) is 13.7. The van der Waals surface area contributed by atoms with E-state index in [-0.39, 0.29) is 11.3 Å². The maximum atomic E-state index is 13.3. The zero-order valence-corrected chi connectivity index (χ0v) is 22.3. The summed E-state index contributed by atoms with van der Waals surface area (Å²) in [6.45, 7) is 6.27. The van der Waals surface area contributed by atoms with E-state index < -0.39 is 41.6 Å². The highest BCUT2D eigenvalue weighted by Gasteiger charge is 2.58. The highest BCUT2D eigenvalue weighted by atomic mass is 19.4. The fourth-order valence-electron chi connectivity index (χ4n) is 7.06. The number of ether oxygens (including phenoxy) is 3. The lowest BCUT2D eigenvalue weighted by Gasteiger charge is -2.52. The molecule has 4 heterocycles. The van der Waals surface area contributed by atoms with Gasteiger partial charge in [-0.1, -0.05) is 20.3 Å². The number of halogens is 3. The molecular formula is C29H33F3N2O5. The number of aromatic nitrogens is 2. The average molecular weight is 547 g/mol. The van der Waals surface area contributed by atoms with Crippen molar-refractivity contribution in [3.63, 3.8) is 0 Å². The largest absolute Gasteiger partial charge is 0.455 e. The van der Waals surface area contributed by atoms with Crippen molar-refractivity contribution in [1.29, 1.82) is 0 Å². The lowest BCUT2D eigenvalue weighted by atomic mass is 9.57. The molecule has 2 aliphatic heterocycles. The predicted octanol–water partition coefficient (Wildman–Crippen LogP) is 5.96. The van der Waals surface area contributed by atoms with Crippen molar-refractivity contribution in [1.82, 2.24) is 9.97 Å². The number of aliphatic hydroxyl groups excluding tert-OH is 1. The van der Waals surface area contributed by atoms with Gasteiger partial charge in [0.1, 0.15) is 12.2 Å². The second-order valence-corrected chi connectivity index (χ2v) is 11.7. The van der Waals surface area contributed by atoms with Crippen LogP contribution in [0.1, 0.15) is 123 Å². The van der Waals surface area contributed by atoms with Gasteiger partial charge in [0.25, 0.3) is 0 Å². The van der Waals surface area contributed by atoms with Gasteiger partial charge in [0.2, 0.25) is 0 Å². The molecule has 4 aliphatic rings. The van der Waals surface area contributed by atoms with Crippen LogP contribution in [-0.4, -0.2) is 34.3 Å². The Kier molecular flexibility index (Phi) is 6.32. The van der Waals surface area contributed by atoms with Gasteiger partial charge < -0.3 is 19.3 Å². The lowest BCUT2D eigenvalue weighted by molar-refractivity contribution is -0.167. The van der Waals surface area contributed by atoms with Crippen LogP contribution < -0.4 is 0 Å². The van der Waals surface area contributed by atoms with Gasteiger partial charge in [0, 0.05) is 61.4 Å². The van der Waals surface area contributed by atoms with Crippen molar-refractivity contribution in [2.75, 3.05) is 13.2 Å². The Balaban J connectivity index is 1.59. The first kappa shape index (κ1) is 26.7. The zero-order valence-electron chi connectivity index (χ0n) is 22.3. The van der Waals surface area contributed by atoms with E-state index in [0.717, 1.165) is 48.3 Å². The molecule has 1 unspecified atom stereocenters. The van der Waals surface area contributed by atoms with Crippen LogP contribution in [0.15, 0.2) is 18.3 Å². The molecule has 6 rings (SSSR count). The number of pyridine rings is 2. The van der Waals surface area contributed by atoms with E-state index in [1.807, 2.05) is 13.8 Å². The fourth-order valence-corrected chi connectivity index (χ4v) is 7.06. The van der Waals surface area contributed by atoms with E-state index in [2.05, 4.69) is 4.98 Å². The second kappa shape index (κ2) is 9.24. The average Bonchev–Trinajstić information content (AvgIpc) is 3.17. The molecule has 39 heavy (non-hydrogen) atoms. The van der Waals surface area contributed by atoms with Gasteiger partial charge in [-0.2, -0.15) is 13.2 Å². The maximum absolute atomic E-state index is 13.3. The summed E-state index contributed by atoms with van der Waals surface area (Å²) in [7, 11) is 0. The van der Waals surface area contributed by atoms with Gasteiger partial charge in [-0.05, 0) is 42.9 Å². The summed E-state index contributed by atoms with van der Waals surface area (Å²) >= 11 is 0. The maximum Gasteiger partial charge on any atom is 0.417 e. The number of hydrogen-bond acceptors (Lipinski definition) is 7. The normalized spacial score (nSPS) is 26.8. The molecule has 1 saturated heterocycles. The first-order chi connectivity index (χ1) is 18.5. The number of fused-ring (bicyclic) bond motifs is 4. The van der Waals surface area contributed by atoms with Crippen LogP contribution in [0.4, 0.5) is 13.2 Å². The Morgan fingerprint density at radius 2 is 1.87 bits per heavy atom. The summed E-state index contributed by atoms with van der Waals surface area (Å²) in [5.74, 6) is -0.472. The SMILES string of the molecule is CC(=O)O[C@@H]1c2nc(C(C)C)c3c(c2C(O)CC12CCC2)C1(CCOCC1)O[C@@H]3c1ccc(C(F)(F)F)cn1. The van der Waals surface area contributed by atoms with Gasteiger partial charge in [0.15, 0.2) is 0 Å². The number of carbonyl (C=O) groups excluding carboxylic acids is 1. The minimum Gasteiger partial charge on any atom is -0.455 e. The minimum absolute atomic E-state index is 0.0750. The molecule has 0 amide bonds. The summed E-state index contributed by atoms with van der Waals surface area (Å²) in [5, 5.41) is 11.7. The van der Waals surface area contributed by atoms with Gasteiger partial charge in [-0.3, -0.25) is 14.8 Å². The second-order valence-electron chi connectivity index (χ2n) is 11.7. The van der Waals surface area contributed by atoms with Crippen molar-refractivity contribution in [3.05, 3.63) is 57.7 Å². The van der Waals surface area contributed by atoms with Crippen LogP contribution in [0.2, 0.25) is 0 Å². The smallest absolute Gasteiger partial charge is 0.417 e. The van der Waals surface area contributed by atoms with Gasteiger partial charge in [-0.15, -0.1) is 0 Å². The van der Waals surface area contributed by atoms with E-state index in [4.69, 9.17) is 19.2 Å². The van der Waals surface area contributed by atoms with Gasteiger partial charge in [-0.25, -0.2) is 0 Å².